The van der Waals surface area contributed by atoms with Gasteiger partial charge in [-0.1, -0.05) is 0 Å². The number of rotatable bonds is 0. The average Bonchev–Trinajstić information content (AvgIpc) is 2.05. The number of nitrogens with two attached hydrogens (primary N) is 1. The Morgan fingerprint density at radius 1 is 1.36 bits per heavy atom. The van der Waals surface area contributed by atoms with Gasteiger partial charge in [-0.15, -0.1) is 0 Å². The molecule has 1 rings (SSSR count). The van der Waals surface area contributed by atoms with Gasteiger partial charge in [0.2, 0.25) is 5.96 Å². The van der Waals surface area contributed by atoms with E-state index < -0.39 is 0 Å². The Kier molecular flexibility index (Phi) is 2.70. The lowest BCUT2D eigenvalue weighted by atomic mass is 10.1. The second-order valence-corrected chi connectivity index (χ2v) is 2.98. The van der Waals surface area contributed by atoms with E-state index in [0.29, 0.717) is 5.96 Å². The maximum absolute atomic E-state index is 7.56. The van der Waals surface area contributed by atoms with Crippen molar-refractivity contribution in [2.45, 2.75) is 19.3 Å². The Labute approximate surface area is 67.4 Å². The molecular formula is C7H16N4. The number of piperidine rings is 1. The fourth-order valence-electron chi connectivity index (χ4n) is 1.33. The fourth-order valence-corrected chi connectivity index (χ4v) is 1.33. The van der Waals surface area contributed by atoms with Crippen LogP contribution in [0.25, 0.3) is 0 Å². The molecule has 1 aliphatic heterocycles. The SMILES string of the molecule is CN(N)C(=N)N1CCCCC1. The molecule has 0 aromatic rings. The molecule has 0 aromatic heterocycles. The van der Waals surface area contributed by atoms with E-state index in [1.54, 1.807) is 7.05 Å². The van der Waals surface area contributed by atoms with E-state index in [1.807, 2.05) is 4.90 Å². The van der Waals surface area contributed by atoms with Crippen LogP contribution in [0.5, 0.6) is 0 Å². The molecule has 0 unspecified atom stereocenters. The van der Waals surface area contributed by atoms with Gasteiger partial charge in [-0.2, -0.15) is 0 Å². The van der Waals surface area contributed by atoms with Gasteiger partial charge < -0.3 is 4.90 Å². The summed E-state index contributed by atoms with van der Waals surface area (Å²) in [6.07, 6.45) is 3.67. The molecule has 0 radical (unpaired) electrons. The second-order valence-electron chi connectivity index (χ2n) is 2.98. The van der Waals surface area contributed by atoms with Gasteiger partial charge in [0.15, 0.2) is 0 Å². The first-order valence-corrected chi connectivity index (χ1v) is 4.04. The van der Waals surface area contributed by atoms with E-state index in [4.69, 9.17) is 11.3 Å². The third-order valence-electron chi connectivity index (χ3n) is 1.99. The summed E-state index contributed by atoms with van der Waals surface area (Å²) in [5.41, 5.74) is 0. The van der Waals surface area contributed by atoms with Gasteiger partial charge in [-0.3, -0.25) is 10.4 Å². The van der Waals surface area contributed by atoms with Crippen molar-refractivity contribution in [1.82, 2.24) is 9.91 Å². The lowest BCUT2D eigenvalue weighted by Crippen LogP contribution is -2.47. The minimum atomic E-state index is 0.435. The molecular weight excluding hydrogens is 140 g/mol. The zero-order chi connectivity index (χ0) is 8.27. The van der Waals surface area contributed by atoms with Crippen molar-refractivity contribution in [2.24, 2.45) is 5.84 Å². The quantitative estimate of drug-likeness (QED) is 0.228. The van der Waals surface area contributed by atoms with Crippen LogP contribution < -0.4 is 5.84 Å². The standard InChI is InChI=1S/C7H16N4/c1-10(9)7(8)11-5-3-2-4-6-11/h8H,2-6,9H2,1H3. The molecule has 4 nitrogen and oxygen atoms in total. The predicted molar refractivity (Wildman–Crippen MR) is 45.1 cm³/mol. The Morgan fingerprint density at radius 2 is 1.91 bits per heavy atom. The van der Waals surface area contributed by atoms with E-state index >= 15 is 0 Å². The summed E-state index contributed by atoms with van der Waals surface area (Å²) < 4.78 is 0. The van der Waals surface area contributed by atoms with Crippen LogP contribution in [-0.4, -0.2) is 36.0 Å². The van der Waals surface area contributed by atoms with Crippen molar-refractivity contribution in [2.75, 3.05) is 20.1 Å². The van der Waals surface area contributed by atoms with Crippen molar-refractivity contribution in [1.29, 1.82) is 5.41 Å². The first-order chi connectivity index (χ1) is 5.22. The topological polar surface area (TPSA) is 56.4 Å². The Balaban J connectivity index is 2.39. The van der Waals surface area contributed by atoms with Gasteiger partial charge in [0, 0.05) is 20.1 Å². The van der Waals surface area contributed by atoms with Gasteiger partial charge in [0.1, 0.15) is 0 Å². The highest BCUT2D eigenvalue weighted by Gasteiger charge is 2.14. The normalized spacial score (nSPS) is 18.2. The van der Waals surface area contributed by atoms with E-state index in [0.717, 1.165) is 13.1 Å². The summed E-state index contributed by atoms with van der Waals surface area (Å²) in [7, 11) is 1.71. The zero-order valence-electron chi connectivity index (χ0n) is 7.01. The van der Waals surface area contributed by atoms with Gasteiger partial charge in [0.25, 0.3) is 0 Å². The van der Waals surface area contributed by atoms with Gasteiger partial charge >= 0.3 is 0 Å². The number of hydrogen-bond donors (Lipinski definition) is 2. The van der Waals surface area contributed by atoms with Crippen LogP contribution in [0.15, 0.2) is 0 Å². The molecule has 64 valence electrons. The summed E-state index contributed by atoms with van der Waals surface area (Å²) >= 11 is 0. The smallest absolute Gasteiger partial charge is 0.207 e. The lowest BCUT2D eigenvalue weighted by Gasteiger charge is -2.31. The molecule has 1 aliphatic rings. The summed E-state index contributed by atoms with van der Waals surface area (Å²) in [4.78, 5) is 2.02. The average molecular weight is 156 g/mol. The maximum atomic E-state index is 7.56. The zero-order valence-corrected chi connectivity index (χ0v) is 7.01. The van der Waals surface area contributed by atoms with E-state index in [9.17, 15) is 0 Å². The molecule has 0 aliphatic carbocycles. The number of hydrazine groups is 1. The minimum absolute atomic E-state index is 0.435. The van der Waals surface area contributed by atoms with Crippen LogP contribution in [0.2, 0.25) is 0 Å². The molecule has 3 N–H and O–H groups in total. The third kappa shape index (κ3) is 2.08. The van der Waals surface area contributed by atoms with Crippen LogP contribution in [-0.2, 0) is 0 Å². The number of likely N-dealkylation sites (tertiary alicyclic amines) is 1. The highest BCUT2D eigenvalue weighted by atomic mass is 15.5. The van der Waals surface area contributed by atoms with Crippen LogP contribution in [0.4, 0.5) is 0 Å². The predicted octanol–water partition coefficient (Wildman–Crippen LogP) is 0.213. The van der Waals surface area contributed by atoms with Crippen molar-refractivity contribution < 1.29 is 0 Å². The minimum Gasteiger partial charge on any atom is -0.342 e. The molecule has 0 aromatic carbocycles. The first kappa shape index (κ1) is 8.33. The molecule has 11 heavy (non-hydrogen) atoms. The molecule has 0 bridgehead atoms. The Morgan fingerprint density at radius 3 is 2.36 bits per heavy atom. The number of nitrogens with zero attached hydrogens (tertiary/aromatic N) is 2. The van der Waals surface area contributed by atoms with Crippen molar-refractivity contribution in [3.05, 3.63) is 0 Å². The fraction of sp³-hybridized carbons (Fsp3) is 0.857. The highest BCUT2D eigenvalue weighted by molar-refractivity contribution is 5.75. The second kappa shape index (κ2) is 3.57. The van der Waals surface area contributed by atoms with Crippen LogP contribution in [0.1, 0.15) is 19.3 Å². The van der Waals surface area contributed by atoms with Crippen LogP contribution in [0.3, 0.4) is 0 Å². The van der Waals surface area contributed by atoms with E-state index in [2.05, 4.69) is 0 Å². The Bertz CT molecular complexity index is 137. The van der Waals surface area contributed by atoms with E-state index in [1.165, 1.54) is 24.3 Å². The highest BCUT2D eigenvalue weighted by Crippen LogP contribution is 2.08. The maximum Gasteiger partial charge on any atom is 0.207 e. The number of guanidine groups is 1. The van der Waals surface area contributed by atoms with Crippen LogP contribution in [0, 0.1) is 5.41 Å². The first-order valence-electron chi connectivity index (χ1n) is 4.04. The molecule has 1 fully saturated rings. The lowest BCUT2D eigenvalue weighted by molar-refractivity contribution is 0.296. The summed E-state index contributed by atoms with van der Waals surface area (Å²) in [5, 5.41) is 8.93. The van der Waals surface area contributed by atoms with Crippen molar-refractivity contribution in [3.8, 4) is 0 Å². The molecule has 0 amide bonds. The summed E-state index contributed by atoms with van der Waals surface area (Å²) in [6, 6.07) is 0. The molecule has 0 saturated carbocycles. The molecule has 0 spiro atoms. The summed E-state index contributed by atoms with van der Waals surface area (Å²) in [5.74, 6) is 5.87. The largest absolute Gasteiger partial charge is 0.342 e. The van der Waals surface area contributed by atoms with Crippen molar-refractivity contribution in [3.63, 3.8) is 0 Å². The van der Waals surface area contributed by atoms with Crippen molar-refractivity contribution >= 4 is 5.96 Å². The number of hydrogen-bond acceptors (Lipinski definition) is 2. The molecule has 4 heteroatoms. The molecule has 1 heterocycles. The van der Waals surface area contributed by atoms with Gasteiger partial charge in [0.05, 0.1) is 0 Å². The van der Waals surface area contributed by atoms with E-state index in [-0.39, 0.29) is 0 Å². The molecule has 0 atom stereocenters. The molecule has 1 saturated heterocycles. The summed E-state index contributed by atoms with van der Waals surface area (Å²) in [6.45, 7) is 1.97. The van der Waals surface area contributed by atoms with Gasteiger partial charge in [-0.05, 0) is 19.3 Å². The number of nitrogens with one attached hydrogen (secondary N) is 1. The Hall–Kier alpha value is -0.770. The monoisotopic (exact) mass is 156 g/mol. The van der Waals surface area contributed by atoms with Gasteiger partial charge in [-0.25, -0.2) is 5.84 Å². The van der Waals surface area contributed by atoms with Crippen LogP contribution >= 0.6 is 0 Å². The third-order valence-corrected chi connectivity index (χ3v) is 1.99.